The van der Waals surface area contributed by atoms with Crippen molar-refractivity contribution in [2.45, 2.75) is 64.9 Å². The Bertz CT molecular complexity index is 631. The lowest BCUT2D eigenvalue weighted by Gasteiger charge is -2.59. The summed E-state index contributed by atoms with van der Waals surface area (Å²) < 4.78 is 0. The van der Waals surface area contributed by atoms with Crippen LogP contribution in [-0.4, -0.2) is 22.8 Å². The molecule has 0 aromatic rings. The molecule has 3 nitrogen and oxygen atoms in total. The molecule has 0 aliphatic heterocycles. The van der Waals surface area contributed by atoms with E-state index in [9.17, 15) is 14.7 Å². The number of aliphatic hydroxyl groups excluding tert-OH is 1. The van der Waals surface area contributed by atoms with Crippen LogP contribution in [0.2, 0.25) is 0 Å². The average molecular weight is 328 g/mol. The molecule has 4 fully saturated rings. The number of carbonyl (C=O) groups excluding carboxylic acids is 2. The Morgan fingerprint density at radius 3 is 2.67 bits per heavy atom. The zero-order valence-electron chi connectivity index (χ0n) is 14.8. The third-order valence-corrected chi connectivity index (χ3v) is 8.44. The minimum Gasteiger partial charge on any atom is -0.392 e. The molecule has 0 radical (unpaired) electrons. The molecule has 0 aromatic heterocycles. The number of aliphatic hydroxyl groups is 1. The van der Waals surface area contributed by atoms with Gasteiger partial charge in [-0.2, -0.15) is 0 Å². The number of rotatable bonds is 0. The van der Waals surface area contributed by atoms with Crippen molar-refractivity contribution >= 4 is 11.6 Å². The predicted octanol–water partition coefficient (Wildman–Crippen LogP) is 3.00. The zero-order chi connectivity index (χ0) is 17.3. The fourth-order valence-corrected chi connectivity index (χ4v) is 6.92. The van der Waals surface area contributed by atoms with Crippen LogP contribution in [-0.2, 0) is 9.59 Å². The van der Waals surface area contributed by atoms with Gasteiger partial charge in [-0.3, -0.25) is 9.59 Å². The molecule has 4 rings (SSSR count). The molecule has 0 bridgehead atoms. The van der Waals surface area contributed by atoms with Crippen LogP contribution in [0.3, 0.4) is 0 Å². The van der Waals surface area contributed by atoms with E-state index in [0.29, 0.717) is 36.7 Å². The van der Waals surface area contributed by atoms with Gasteiger partial charge in [-0.25, -0.2) is 0 Å². The number of hydrogen-bond donors (Lipinski definition) is 1. The molecular weight excluding hydrogens is 300 g/mol. The first-order valence-electron chi connectivity index (χ1n) is 9.51. The molecular formula is C21H28O3. The van der Waals surface area contributed by atoms with Crippen LogP contribution in [0.1, 0.15) is 58.8 Å². The van der Waals surface area contributed by atoms with Gasteiger partial charge in [0.05, 0.1) is 6.10 Å². The van der Waals surface area contributed by atoms with E-state index in [-0.39, 0.29) is 34.5 Å². The third kappa shape index (κ3) is 1.96. The summed E-state index contributed by atoms with van der Waals surface area (Å²) in [6.45, 7) is 4.37. The maximum absolute atomic E-state index is 13.1. The first-order chi connectivity index (χ1) is 11.3. The summed E-state index contributed by atoms with van der Waals surface area (Å²) in [4.78, 5) is 25.5. The zero-order valence-corrected chi connectivity index (χ0v) is 14.8. The Balaban J connectivity index is 1.70. The van der Waals surface area contributed by atoms with Crippen LogP contribution in [0.5, 0.6) is 0 Å². The van der Waals surface area contributed by atoms with Crippen LogP contribution in [0.15, 0.2) is 0 Å². The fraction of sp³-hybridized carbons (Fsp3) is 0.810. The SMILES string of the molecule is C#C[C@H]1C[C@@H]2CC(=O)[C@@H]3[C@H](CC[C@]4(C)C(=O)CC[C@@H]34)[C@@]2(C)C[C@H]1O. The van der Waals surface area contributed by atoms with E-state index in [1.54, 1.807) is 0 Å². The smallest absolute Gasteiger partial charge is 0.139 e. The van der Waals surface area contributed by atoms with E-state index in [1.807, 2.05) is 0 Å². The largest absolute Gasteiger partial charge is 0.392 e. The summed E-state index contributed by atoms with van der Waals surface area (Å²) in [5.41, 5.74) is -0.299. The van der Waals surface area contributed by atoms with Crippen LogP contribution >= 0.6 is 0 Å². The topological polar surface area (TPSA) is 54.4 Å². The molecule has 0 spiro atoms. The molecule has 0 saturated heterocycles. The summed E-state index contributed by atoms with van der Waals surface area (Å²) in [5, 5.41) is 10.5. The highest BCUT2D eigenvalue weighted by Gasteiger charge is 2.63. The van der Waals surface area contributed by atoms with Gasteiger partial charge < -0.3 is 5.11 Å². The number of carbonyl (C=O) groups is 2. The van der Waals surface area contributed by atoms with Crippen LogP contribution < -0.4 is 0 Å². The van der Waals surface area contributed by atoms with Gasteiger partial charge in [0.1, 0.15) is 11.6 Å². The van der Waals surface area contributed by atoms with Crippen molar-refractivity contribution in [1.82, 2.24) is 0 Å². The Hall–Kier alpha value is -1.14. The number of fused-ring (bicyclic) bond motifs is 5. The van der Waals surface area contributed by atoms with Gasteiger partial charge in [-0.1, -0.05) is 13.8 Å². The Labute approximate surface area is 144 Å². The molecule has 1 N–H and O–H groups in total. The number of Topliss-reactive ketones (excluding diaryl/α,β-unsaturated/α-hetero) is 2. The van der Waals surface area contributed by atoms with Crippen molar-refractivity contribution < 1.29 is 14.7 Å². The molecule has 4 saturated carbocycles. The van der Waals surface area contributed by atoms with E-state index in [1.165, 1.54) is 0 Å². The van der Waals surface area contributed by atoms with Gasteiger partial charge in [0.15, 0.2) is 0 Å². The Morgan fingerprint density at radius 2 is 1.96 bits per heavy atom. The molecule has 24 heavy (non-hydrogen) atoms. The summed E-state index contributed by atoms with van der Waals surface area (Å²) in [6, 6.07) is 0. The molecule has 0 unspecified atom stereocenters. The van der Waals surface area contributed by atoms with Gasteiger partial charge in [0.2, 0.25) is 0 Å². The first-order valence-corrected chi connectivity index (χ1v) is 9.51. The molecule has 8 atom stereocenters. The van der Waals surface area contributed by atoms with Crippen LogP contribution in [0.25, 0.3) is 0 Å². The minimum atomic E-state index is -0.455. The van der Waals surface area contributed by atoms with Gasteiger partial charge in [0.25, 0.3) is 0 Å². The second-order valence-corrected chi connectivity index (χ2v) is 9.31. The average Bonchev–Trinajstić information content (AvgIpc) is 2.83. The van der Waals surface area contributed by atoms with E-state index >= 15 is 0 Å². The van der Waals surface area contributed by atoms with Gasteiger partial charge in [0, 0.05) is 30.1 Å². The normalized spacial score (nSPS) is 53.8. The van der Waals surface area contributed by atoms with E-state index in [0.717, 1.165) is 25.7 Å². The molecule has 3 heteroatoms. The monoisotopic (exact) mass is 328 g/mol. The molecule has 0 heterocycles. The number of hydrogen-bond acceptors (Lipinski definition) is 3. The Kier molecular flexibility index (Phi) is 3.52. The summed E-state index contributed by atoms with van der Waals surface area (Å²) in [6.07, 6.45) is 10.6. The highest BCUT2D eigenvalue weighted by atomic mass is 16.3. The summed E-state index contributed by atoms with van der Waals surface area (Å²) >= 11 is 0. The molecule has 0 aromatic carbocycles. The van der Waals surface area contributed by atoms with Gasteiger partial charge in [-0.05, 0) is 55.3 Å². The summed E-state index contributed by atoms with van der Waals surface area (Å²) in [7, 11) is 0. The standard InChI is InChI=1S/C21H28O3/c1-4-12-9-13-10-16(22)19-14-5-6-18(24)20(14,2)8-7-15(19)21(13,3)11-17(12)23/h1,12-15,17,19,23H,5-11H2,2-3H3/t12-,13+,14-,15-,17+,19-,20-,21-/m0/s1. The van der Waals surface area contributed by atoms with Crippen molar-refractivity contribution in [1.29, 1.82) is 0 Å². The van der Waals surface area contributed by atoms with E-state index in [4.69, 9.17) is 6.42 Å². The molecule has 4 aliphatic carbocycles. The molecule has 130 valence electrons. The lowest BCUT2D eigenvalue weighted by atomic mass is 9.44. The quantitative estimate of drug-likeness (QED) is 0.696. The third-order valence-electron chi connectivity index (χ3n) is 8.44. The van der Waals surface area contributed by atoms with Crippen molar-refractivity contribution in [2.75, 3.05) is 0 Å². The maximum atomic E-state index is 13.1. The number of terminal acetylenes is 1. The highest BCUT2D eigenvalue weighted by Crippen LogP contribution is 2.64. The summed E-state index contributed by atoms with van der Waals surface area (Å²) in [5.74, 6) is 4.18. The van der Waals surface area contributed by atoms with E-state index in [2.05, 4.69) is 19.8 Å². The van der Waals surface area contributed by atoms with Crippen molar-refractivity contribution in [2.24, 2.45) is 40.4 Å². The van der Waals surface area contributed by atoms with Crippen molar-refractivity contribution in [3.63, 3.8) is 0 Å². The lowest BCUT2D eigenvalue weighted by molar-refractivity contribution is -0.164. The maximum Gasteiger partial charge on any atom is 0.139 e. The van der Waals surface area contributed by atoms with Crippen molar-refractivity contribution in [3.05, 3.63) is 0 Å². The number of ketones is 2. The van der Waals surface area contributed by atoms with Crippen LogP contribution in [0, 0.1) is 52.8 Å². The van der Waals surface area contributed by atoms with Gasteiger partial charge >= 0.3 is 0 Å². The van der Waals surface area contributed by atoms with E-state index < -0.39 is 6.10 Å². The predicted molar refractivity (Wildman–Crippen MR) is 90.8 cm³/mol. The highest BCUT2D eigenvalue weighted by molar-refractivity contribution is 5.90. The van der Waals surface area contributed by atoms with Crippen LogP contribution in [0.4, 0.5) is 0 Å². The molecule has 0 amide bonds. The molecule has 4 aliphatic rings. The minimum absolute atomic E-state index is 0.0156. The second-order valence-electron chi connectivity index (χ2n) is 9.31. The Morgan fingerprint density at radius 1 is 1.21 bits per heavy atom. The fourth-order valence-electron chi connectivity index (χ4n) is 6.92. The van der Waals surface area contributed by atoms with Crippen molar-refractivity contribution in [3.8, 4) is 12.3 Å². The first kappa shape index (κ1) is 16.3. The lowest BCUT2D eigenvalue weighted by Crippen LogP contribution is -2.58. The van der Waals surface area contributed by atoms with Gasteiger partial charge in [-0.15, -0.1) is 12.3 Å². The second kappa shape index (κ2) is 5.18.